The molecule has 6 amide bonds. The van der Waals surface area contributed by atoms with Crippen LogP contribution >= 0.6 is 0 Å². The summed E-state index contributed by atoms with van der Waals surface area (Å²) in [6.07, 6.45) is 7.93. The highest BCUT2D eigenvalue weighted by Crippen LogP contribution is 2.12. The number of terminal acetylenes is 2. The van der Waals surface area contributed by atoms with Crippen LogP contribution in [0.3, 0.4) is 0 Å². The number of imide groups is 1. The summed E-state index contributed by atoms with van der Waals surface area (Å²) < 4.78 is 0. The van der Waals surface area contributed by atoms with Crippen molar-refractivity contribution in [3.05, 3.63) is 0 Å². The predicted molar refractivity (Wildman–Crippen MR) is 100 cm³/mol. The van der Waals surface area contributed by atoms with Crippen LogP contribution in [0.5, 0.6) is 0 Å². The molecule has 1 rings (SSSR count). The van der Waals surface area contributed by atoms with Crippen LogP contribution in [0.25, 0.3) is 0 Å². The first kappa shape index (κ1) is 24.6. The highest BCUT2D eigenvalue weighted by Gasteiger charge is 2.34. The van der Waals surface area contributed by atoms with Gasteiger partial charge < -0.3 is 26.1 Å². The molecule has 0 saturated carbocycles. The number of hydrogen-bond donors (Lipinski definition) is 4. The summed E-state index contributed by atoms with van der Waals surface area (Å²) in [7, 11) is 0. The predicted octanol–water partition coefficient (Wildman–Crippen LogP) is -3.57. The molecule has 31 heavy (non-hydrogen) atoms. The Hall–Kier alpha value is -4.39. The molecule has 0 aromatic carbocycles. The summed E-state index contributed by atoms with van der Waals surface area (Å²) in [5.74, 6) is -3.06. The molecule has 4 N–H and O–H groups in total. The van der Waals surface area contributed by atoms with E-state index >= 15 is 0 Å². The lowest BCUT2D eigenvalue weighted by Gasteiger charge is -2.22. The molecule has 1 aliphatic heterocycles. The first-order valence-corrected chi connectivity index (χ1v) is 8.72. The van der Waals surface area contributed by atoms with E-state index in [0.717, 1.165) is 0 Å². The third-order valence-electron chi connectivity index (χ3n) is 3.73. The maximum atomic E-state index is 12.3. The van der Waals surface area contributed by atoms with Gasteiger partial charge in [-0.1, -0.05) is 0 Å². The molecule has 0 aromatic rings. The number of carbonyl (C=O) groups excluding carboxylic acids is 7. The monoisotopic (exact) mass is 433 g/mol. The largest absolute Gasteiger partial charge is 0.354 e. The van der Waals surface area contributed by atoms with Crippen molar-refractivity contribution in [1.29, 1.82) is 0 Å². The van der Waals surface area contributed by atoms with Crippen molar-refractivity contribution in [3.8, 4) is 24.7 Å². The van der Waals surface area contributed by atoms with E-state index in [1.165, 1.54) is 13.8 Å². The van der Waals surface area contributed by atoms with Crippen LogP contribution in [0.15, 0.2) is 0 Å². The van der Waals surface area contributed by atoms with Gasteiger partial charge in [0.2, 0.25) is 5.91 Å². The smallest absolute Gasteiger partial charge is 0.341 e. The van der Waals surface area contributed by atoms with Gasteiger partial charge in [-0.3, -0.25) is 28.8 Å². The second-order valence-corrected chi connectivity index (χ2v) is 6.12. The molecule has 0 unspecified atom stereocenters. The molecular weight excluding hydrogens is 414 g/mol. The molecule has 13 nitrogen and oxygen atoms in total. The highest BCUT2D eigenvalue weighted by molar-refractivity contribution is 6.02. The molecule has 0 radical (unpaired) electrons. The summed E-state index contributed by atoms with van der Waals surface area (Å²) >= 11 is 0. The van der Waals surface area contributed by atoms with E-state index in [0.29, 0.717) is 5.06 Å². The van der Waals surface area contributed by atoms with Gasteiger partial charge in [0.05, 0.1) is 0 Å². The normalized spacial score (nSPS) is 14.5. The molecule has 1 aliphatic rings. The minimum Gasteiger partial charge on any atom is -0.341 e. The van der Waals surface area contributed by atoms with Crippen LogP contribution < -0.4 is 21.3 Å². The number of carbonyl (C=O) groups is 7. The van der Waals surface area contributed by atoms with Crippen molar-refractivity contribution >= 4 is 41.4 Å². The van der Waals surface area contributed by atoms with Gasteiger partial charge >= 0.3 is 5.97 Å². The molecule has 0 spiro atoms. The summed E-state index contributed by atoms with van der Waals surface area (Å²) in [4.78, 5) is 86.7. The van der Waals surface area contributed by atoms with E-state index in [1.54, 1.807) is 11.8 Å². The summed E-state index contributed by atoms with van der Waals surface area (Å²) in [5, 5.41) is 8.71. The minimum absolute atomic E-state index is 0.0937. The van der Waals surface area contributed by atoms with E-state index in [1.807, 2.05) is 10.6 Å². The molecule has 1 fully saturated rings. The van der Waals surface area contributed by atoms with Gasteiger partial charge in [-0.15, -0.1) is 17.9 Å². The van der Waals surface area contributed by atoms with E-state index in [9.17, 15) is 33.6 Å². The van der Waals surface area contributed by atoms with Crippen molar-refractivity contribution in [1.82, 2.24) is 26.3 Å². The Morgan fingerprint density at radius 3 is 1.74 bits per heavy atom. The van der Waals surface area contributed by atoms with Crippen molar-refractivity contribution < 1.29 is 38.4 Å². The minimum atomic E-state index is -1.67. The van der Waals surface area contributed by atoms with Crippen molar-refractivity contribution in [2.45, 2.75) is 44.9 Å². The zero-order chi connectivity index (χ0) is 23.7. The zero-order valence-corrected chi connectivity index (χ0v) is 16.5. The number of amides is 6. The van der Waals surface area contributed by atoms with Gasteiger partial charge in [0.25, 0.3) is 29.5 Å². The fraction of sp³-hybridized carbons (Fsp3) is 0.389. The van der Waals surface area contributed by atoms with Crippen LogP contribution in [-0.2, 0) is 38.4 Å². The SMILES string of the molecule is C#CC(=O)NC(NC(=O)C#C)C(=O)N[C@@H](C)C(=O)N[C@@H](C)C(=O)ON1C(=O)CCC1=O. The second kappa shape index (κ2) is 11.0. The van der Waals surface area contributed by atoms with E-state index in [-0.39, 0.29) is 12.8 Å². The third kappa shape index (κ3) is 7.17. The first-order chi connectivity index (χ1) is 14.5. The fourth-order valence-electron chi connectivity index (χ4n) is 2.10. The number of nitrogens with zero attached hydrogens (tertiary/aromatic N) is 1. The summed E-state index contributed by atoms with van der Waals surface area (Å²) in [6, 6.07) is -2.54. The molecule has 2 atom stereocenters. The van der Waals surface area contributed by atoms with Crippen LogP contribution in [0, 0.1) is 24.7 Å². The van der Waals surface area contributed by atoms with Gasteiger partial charge in [0, 0.05) is 12.8 Å². The van der Waals surface area contributed by atoms with E-state index in [4.69, 9.17) is 12.8 Å². The number of hydrogen-bond acceptors (Lipinski definition) is 8. The highest BCUT2D eigenvalue weighted by atomic mass is 16.7. The second-order valence-electron chi connectivity index (χ2n) is 6.12. The lowest BCUT2D eigenvalue weighted by Crippen LogP contribution is -2.59. The molecule has 0 bridgehead atoms. The van der Waals surface area contributed by atoms with Gasteiger partial charge in [0.1, 0.15) is 12.1 Å². The topological polar surface area (TPSA) is 180 Å². The average Bonchev–Trinajstić information content (AvgIpc) is 3.04. The van der Waals surface area contributed by atoms with Crippen LogP contribution in [0.2, 0.25) is 0 Å². The molecule has 1 saturated heterocycles. The van der Waals surface area contributed by atoms with Crippen molar-refractivity contribution in [3.63, 3.8) is 0 Å². The van der Waals surface area contributed by atoms with Gasteiger partial charge in [0.15, 0.2) is 6.17 Å². The summed E-state index contributed by atoms with van der Waals surface area (Å²) in [5.41, 5.74) is 0. The van der Waals surface area contributed by atoms with Gasteiger partial charge in [-0.05, 0) is 25.7 Å². The van der Waals surface area contributed by atoms with Crippen LogP contribution in [0.4, 0.5) is 0 Å². The standard InChI is InChI=1S/C18H19N5O8/c1-5-11(24)21-15(22-12(25)6-2)17(29)19-9(3)16(28)20-10(4)18(30)31-23-13(26)7-8-14(23)27/h1-2,9-10,15H,7-8H2,3-4H3,(H,19,29)(H,20,28)(H,21,24)(H,22,25)/t9-,10-/m0/s1. The van der Waals surface area contributed by atoms with E-state index in [2.05, 4.69) is 15.5 Å². The Morgan fingerprint density at radius 1 is 0.839 bits per heavy atom. The molecule has 164 valence electrons. The Kier molecular flexibility index (Phi) is 8.72. The molecule has 1 heterocycles. The number of nitrogens with one attached hydrogen (secondary N) is 4. The molecule has 13 heteroatoms. The number of hydroxylamine groups is 2. The Bertz CT molecular complexity index is 856. The molecular formula is C18H19N5O8. The average molecular weight is 433 g/mol. The van der Waals surface area contributed by atoms with Crippen molar-refractivity contribution in [2.75, 3.05) is 0 Å². The quantitative estimate of drug-likeness (QED) is 0.172. The Morgan fingerprint density at radius 2 is 1.29 bits per heavy atom. The summed E-state index contributed by atoms with van der Waals surface area (Å²) in [6.45, 7) is 2.46. The van der Waals surface area contributed by atoms with Crippen LogP contribution in [-0.4, -0.2) is 64.7 Å². The zero-order valence-electron chi connectivity index (χ0n) is 16.5. The van der Waals surface area contributed by atoms with Gasteiger partial charge in [-0.25, -0.2) is 4.79 Å². The van der Waals surface area contributed by atoms with Crippen molar-refractivity contribution in [2.24, 2.45) is 0 Å². The van der Waals surface area contributed by atoms with Gasteiger partial charge in [-0.2, -0.15) is 0 Å². The lowest BCUT2D eigenvalue weighted by molar-refractivity contribution is -0.198. The maximum absolute atomic E-state index is 12.3. The maximum Gasteiger partial charge on any atom is 0.354 e. The Balaban J connectivity index is 2.67. The van der Waals surface area contributed by atoms with E-state index < -0.39 is 59.7 Å². The third-order valence-corrected chi connectivity index (χ3v) is 3.73. The molecule has 0 aromatic heterocycles. The first-order valence-electron chi connectivity index (χ1n) is 8.72. The fourth-order valence-corrected chi connectivity index (χ4v) is 2.10. The Labute approximate surface area is 176 Å². The molecule has 0 aliphatic carbocycles. The van der Waals surface area contributed by atoms with Crippen LogP contribution in [0.1, 0.15) is 26.7 Å². The number of rotatable bonds is 8. The lowest BCUT2D eigenvalue weighted by atomic mass is 10.2.